The molecule has 0 saturated heterocycles. The number of para-hydroxylation sites is 1. The van der Waals surface area contributed by atoms with Gasteiger partial charge in [-0.15, -0.1) is 0 Å². The summed E-state index contributed by atoms with van der Waals surface area (Å²) in [5.41, 5.74) is -4.97. The second-order valence-corrected chi connectivity index (χ2v) is 8.18. The highest BCUT2D eigenvalue weighted by molar-refractivity contribution is 8.00. The van der Waals surface area contributed by atoms with Crippen LogP contribution in [0.2, 0.25) is 5.02 Å². The molecule has 0 spiro atoms. The minimum Gasteiger partial charge on any atom is -0.283 e. The first-order chi connectivity index (χ1) is 12.0. The van der Waals surface area contributed by atoms with Crippen LogP contribution < -0.4 is 4.72 Å². The highest BCUT2D eigenvalue weighted by Crippen LogP contribution is 2.41. The minimum absolute atomic E-state index is 0.0275. The number of thioether (sulfide) groups is 1. The van der Waals surface area contributed by atoms with Crippen LogP contribution in [0, 0.1) is 10.1 Å². The molecule has 0 bridgehead atoms. The third-order valence-corrected chi connectivity index (χ3v) is 5.43. The van der Waals surface area contributed by atoms with Crippen LogP contribution in [0.15, 0.2) is 47.4 Å². The molecule has 2 rings (SSSR count). The Hall–Kier alpha value is -1.98. The lowest BCUT2D eigenvalue weighted by molar-refractivity contribution is -0.385. The van der Waals surface area contributed by atoms with Gasteiger partial charge in [0.15, 0.2) is 0 Å². The number of hydrogen-bond donors (Lipinski definition) is 1. The fourth-order valence-corrected chi connectivity index (χ4v) is 4.05. The molecule has 26 heavy (non-hydrogen) atoms. The lowest BCUT2D eigenvalue weighted by Crippen LogP contribution is -2.16. The second-order valence-electron chi connectivity index (χ2n) is 4.94. The molecule has 0 aromatic heterocycles. The maximum Gasteiger partial charge on any atom is 0.446 e. The second kappa shape index (κ2) is 7.72. The molecule has 0 saturated carbocycles. The molecule has 140 valence electrons. The zero-order chi connectivity index (χ0) is 19.5. The number of nitrogens with zero attached hydrogens (tertiary/aromatic N) is 1. The molecule has 1 N–H and O–H groups in total. The Balaban J connectivity index is 2.20. The lowest BCUT2D eigenvalue weighted by atomic mass is 10.2. The van der Waals surface area contributed by atoms with E-state index in [1.165, 1.54) is 24.3 Å². The first-order valence-electron chi connectivity index (χ1n) is 6.75. The summed E-state index contributed by atoms with van der Waals surface area (Å²) in [5, 5.41) is 10.7. The van der Waals surface area contributed by atoms with E-state index in [9.17, 15) is 31.7 Å². The molecule has 0 amide bonds. The van der Waals surface area contributed by atoms with E-state index in [1.807, 2.05) is 0 Å². The van der Waals surface area contributed by atoms with Crippen molar-refractivity contribution in [3.63, 3.8) is 0 Å². The Morgan fingerprint density at radius 2 is 1.85 bits per heavy atom. The fourth-order valence-electron chi connectivity index (χ4n) is 2.00. The summed E-state index contributed by atoms with van der Waals surface area (Å²) >= 11 is 5.32. The van der Waals surface area contributed by atoms with Crippen molar-refractivity contribution in [1.82, 2.24) is 0 Å². The van der Waals surface area contributed by atoms with Crippen molar-refractivity contribution < 1.29 is 26.5 Å². The number of nitro benzene ring substituents is 1. The van der Waals surface area contributed by atoms with E-state index < -0.39 is 38.0 Å². The average molecular weight is 427 g/mol. The van der Waals surface area contributed by atoms with Gasteiger partial charge in [0.2, 0.25) is 10.0 Å². The van der Waals surface area contributed by atoms with Crippen LogP contribution in [0.1, 0.15) is 5.56 Å². The molecule has 0 fully saturated rings. The summed E-state index contributed by atoms with van der Waals surface area (Å²) in [6, 6.07) is 8.52. The number of nitro groups is 1. The van der Waals surface area contributed by atoms with Gasteiger partial charge in [0.1, 0.15) is 5.75 Å². The van der Waals surface area contributed by atoms with Crippen LogP contribution in [-0.2, 0) is 15.8 Å². The van der Waals surface area contributed by atoms with Crippen molar-refractivity contribution in [3.05, 3.63) is 63.2 Å². The maximum absolute atomic E-state index is 12.4. The summed E-state index contributed by atoms with van der Waals surface area (Å²) in [6.07, 6.45) is 0. The Bertz CT molecular complexity index is 936. The molecule has 6 nitrogen and oxygen atoms in total. The van der Waals surface area contributed by atoms with Crippen molar-refractivity contribution in [2.75, 3.05) is 4.72 Å². The first-order valence-corrected chi connectivity index (χ1v) is 9.59. The summed E-state index contributed by atoms with van der Waals surface area (Å²) < 4.78 is 63.7. The molecule has 2 aromatic carbocycles. The maximum atomic E-state index is 12.4. The number of nitrogens with one attached hydrogen (secondary N) is 1. The molecule has 2 aromatic rings. The number of halogens is 4. The number of alkyl halides is 3. The molecule has 12 heteroatoms. The molecule has 0 heterocycles. The zero-order valence-corrected chi connectivity index (χ0v) is 15.0. The highest BCUT2D eigenvalue weighted by Gasteiger charge is 2.30. The SMILES string of the molecule is O=[N+]([O-])c1ccccc1CS(=O)(=O)Nc1ccc(SC(F)(F)F)c(Cl)c1. The van der Waals surface area contributed by atoms with E-state index in [0.717, 1.165) is 18.2 Å². The smallest absolute Gasteiger partial charge is 0.283 e. The molecular formula is C14H10ClF3N2O4S2. The number of anilines is 1. The minimum atomic E-state index is -4.53. The summed E-state index contributed by atoms with van der Waals surface area (Å²) in [5.74, 6) is -0.680. The third kappa shape index (κ3) is 5.78. The van der Waals surface area contributed by atoms with E-state index in [1.54, 1.807) is 0 Å². The molecule has 0 aliphatic carbocycles. The average Bonchev–Trinajstić information content (AvgIpc) is 2.48. The van der Waals surface area contributed by atoms with E-state index in [-0.39, 0.29) is 26.9 Å². The monoisotopic (exact) mass is 426 g/mol. The van der Waals surface area contributed by atoms with E-state index in [0.29, 0.717) is 0 Å². The topological polar surface area (TPSA) is 89.3 Å². The molecule has 0 atom stereocenters. The number of hydrogen-bond acceptors (Lipinski definition) is 5. The van der Waals surface area contributed by atoms with Gasteiger partial charge in [0.05, 0.1) is 15.6 Å². The Labute approximate surface area is 155 Å². The number of sulfonamides is 1. The van der Waals surface area contributed by atoms with Crippen molar-refractivity contribution in [2.45, 2.75) is 16.2 Å². The summed E-state index contributed by atoms with van der Waals surface area (Å²) in [6.45, 7) is 0. The standard InChI is InChI=1S/C14H10ClF3N2O4S2/c15-11-7-10(5-6-13(11)25-14(16,17)18)19-26(23,24)8-9-3-1-2-4-12(9)20(21)22/h1-7,19H,8H2. The molecular weight excluding hydrogens is 417 g/mol. The summed E-state index contributed by atoms with van der Waals surface area (Å²) in [4.78, 5) is 9.96. The van der Waals surface area contributed by atoms with Crippen molar-refractivity contribution in [2.24, 2.45) is 0 Å². The first kappa shape index (κ1) is 20.3. The molecule has 0 aliphatic rings. The van der Waals surface area contributed by atoms with Crippen LogP contribution in [0.3, 0.4) is 0 Å². The van der Waals surface area contributed by atoms with Gasteiger partial charge in [0, 0.05) is 16.5 Å². The van der Waals surface area contributed by atoms with Crippen LogP contribution in [-0.4, -0.2) is 18.8 Å². The quantitative estimate of drug-likeness (QED) is 0.407. The van der Waals surface area contributed by atoms with Gasteiger partial charge >= 0.3 is 5.51 Å². The number of rotatable bonds is 6. The van der Waals surface area contributed by atoms with E-state index in [2.05, 4.69) is 4.72 Å². The molecule has 0 radical (unpaired) electrons. The van der Waals surface area contributed by atoms with Gasteiger partial charge in [-0.05, 0) is 30.0 Å². The zero-order valence-electron chi connectivity index (χ0n) is 12.7. The highest BCUT2D eigenvalue weighted by atomic mass is 35.5. The largest absolute Gasteiger partial charge is 0.446 e. The van der Waals surface area contributed by atoms with Gasteiger partial charge in [-0.25, -0.2) is 8.42 Å². The normalized spacial score (nSPS) is 12.0. The fraction of sp³-hybridized carbons (Fsp3) is 0.143. The Morgan fingerprint density at radius 1 is 1.19 bits per heavy atom. The van der Waals surface area contributed by atoms with Gasteiger partial charge in [-0.1, -0.05) is 29.8 Å². The predicted molar refractivity (Wildman–Crippen MR) is 92.7 cm³/mol. The Morgan fingerprint density at radius 3 is 2.42 bits per heavy atom. The van der Waals surface area contributed by atoms with Gasteiger partial charge in [-0.3, -0.25) is 14.8 Å². The Kier molecular flexibility index (Phi) is 6.04. The van der Waals surface area contributed by atoms with E-state index >= 15 is 0 Å². The van der Waals surface area contributed by atoms with Crippen LogP contribution >= 0.6 is 23.4 Å². The van der Waals surface area contributed by atoms with Crippen LogP contribution in [0.25, 0.3) is 0 Å². The summed E-state index contributed by atoms with van der Waals surface area (Å²) in [7, 11) is -4.05. The predicted octanol–water partition coefficient (Wildman–Crippen LogP) is 4.80. The molecule has 0 unspecified atom stereocenters. The van der Waals surface area contributed by atoms with Crippen molar-refractivity contribution >= 4 is 44.8 Å². The van der Waals surface area contributed by atoms with E-state index in [4.69, 9.17) is 11.6 Å². The van der Waals surface area contributed by atoms with Crippen molar-refractivity contribution in [3.8, 4) is 0 Å². The number of benzene rings is 2. The van der Waals surface area contributed by atoms with Crippen LogP contribution in [0.4, 0.5) is 24.5 Å². The van der Waals surface area contributed by atoms with Gasteiger partial charge < -0.3 is 0 Å². The van der Waals surface area contributed by atoms with Crippen LogP contribution in [0.5, 0.6) is 0 Å². The third-order valence-electron chi connectivity index (χ3n) is 2.96. The van der Waals surface area contributed by atoms with Gasteiger partial charge in [-0.2, -0.15) is 13.2 Å². The molecule has 0 aliphatic heterocycles. The van der Waals surface area contributed by atoms with Crippen molar-refractivity contribution in [1.29, 1.82) is 0 Å². The van der Waals surface area contributed by atoms with Gasteiger partial charge in [0.25, 0.3) is 5.69 Å². The lowest BCUT2D eigenvalue weighted by Gasteiger charge is -2.11.